The summed E-state index contributed by atoms with van der Waals surface area (Å²) < 4.78 is 40.2. The number of hydrogen-bond donors (Lipinski definition) is 1. The van der Waals surface area contributed by atoms with Crippen LogP contribution in [0.2, 0.25) is 0 Å². The van der Waals surface area contributed by atoms with Crippen molar-refractivity contribution in [1.29, 1.82) is 0 Å². The molecule has 1 aliphatic heterocycles. The zero-order valence-electron chi connectivity index (χ0n) is 15.0. The minimum absolute atomic E-state index is 0.160. The zero-order valence-corrected chi connectivity index (χ0v) is 15.0. The first-order valence-corrected chi connectivity index (χ1v) is 8.76. The van der Waals surface area contributed by atoms with Crippen LogP contribution in [-0.2, 0) is 6.42 Å². The summed E-state index contributed by atoms with van der Waals surface area (Å²) in [7, 11) is 0. The van der Waals surface area contributed by atoms with Crippen LogP contribution in [0.3, 0.4) is 0 Å². The van der Waals surface area contributed by atoms with Gasteiger partial charge in [-0.15, -0.1) is 0 Å². The fourth-order valence-corrected chi connectivity index (χ4v) is 3.20. The molecule has 3 aromatic rings. The van der Waals surface area contributed by atoms with Gasteiger partial charge in [0, 0.05) is 24.0 Å². The van der Waals surface area contributed by atoms with E-state index >= 15 is 0 Å². The molecule has 1 aromatic heterocycles. The van der Waals surface area contributed by atoms with Crippen LogP contribution in [0.4, 0.5) is 24.5 Å². The van der Waals surface area contributed by atoms with Crippen molar-refractivity contribution in [2.24, 2.45) is 0 Å². The molecule has 4 rings (SSSR count). The fourth-order valence-electron chi connectivity index (χ4n) is 3.20. The van der Waals surface area contributed by atoms with E-state index in [1.165, 1.54) is 18.3 Å². The maximum absolute atomic E-state index is 13.8. The van der Waals surface area contributed by atoms with E-state index in [-0.39, 0.29) is 17.2 Å². The van der Waals surface area contributed by atoms with Crippen LogP contribution in [0.5, 0.6) is 0 Å². The Labute approximate surface area is 163 Å². The lowest BCUT2D eigenvalue weighted by Crippen LogP contribution is -2.29. The van der Waals surface area contributed by atoms with Gasteiger partial charge >= 0.3 is 0 Å². The van der Waals surface area contributed by atoms with Gasteiger partial charge in [0.2, 0.25) is 0 Å². The molecule has 0 aliphatic carbocycles. The molecular formula is C21H14F3N3O2. The van der Waals surface area contributed by atoms with Crippen molar-refractivity contribution >= 4 is 23.2 Å². The van der Waals surface area contributed by atoms with Crippen LogP contribution >= 0.6 is 0 Å². The lowest BCUT2D eigenvalue weighted by molar-refractivity contribution is 0.0989. The molecule has 1 N–H and O–H groups in total. The maximum atomic E-state index is 13.8. The number of benzene rings is 2. The Morgan fingerprint density at radius 3 is 2.62 bits per heavy atom. The lowest BCUT2D eigenvalue weighted by atomic mass is 10.1. The van der Waals surface area contributed by atoms with Gasteiger partial charge in [0.1, 0.15) is 5.69 Å². The van der Waals surface area contributed by atoms with Gasteiger partial charge in [-0.3, -0.25) is 14.6 Å². The third-order valence-corrected chi connectivity index (χ3v) is 4.66. The molecule has 0 saturated carbocycles. The van der Waals surface area contributed by atoms with Gasteiger partial charge in [0.05, 0.1) is 5.69 Å². The Morgan fingerprint density at radius 2 is 1.79 bits per heavy atom. The molecule has 0 atom stereocenters. The minimum atomic E-state index is -1.69. The van der Waals surface area contributed by atoms with Gasteiger partial charge in [-0.05, 0) is 42.3 Å². The van der Waals surface area contributed by atoms with Crippen molar-refractivity contribution in [1.82, 2.24) is 4.98 Å². The predicted molar refractivity (Wildman–Crippen MR) is 100 cm³/mol. The average molecular weight is 397 g/mol. The summed E-state index contributed by atoms with van der Waals surface area (Å²) in [6, 6.07) is 11.9. The van der Waals surface area contributed by atoms with Gasteiger partial charge in [-0.2, -0.15) is 0 Å². The van der Waals surface area contributed by atoms with Crippen LogP contribution < -0.4 is 10.2 Å². The molecule has 0 saturated heterocycles. The maximum Gasteiger partial charge on any atom is 0.274 e. The van der Waals surface area contributed by atoms with Crippen molar-refractivity contribution in [2.45, 2.75) is 6.42 Å². The molecule has 29 heavy (non-hydrogen) atoms. The Balaban J connectivity index is 1.57. The van der Waals surface area contributed by atoms with Crippen LogP contribution in [0, 0.1) is 17.5 Å². The van der Waals surface area contributed by atoms with E-state index in [2.05, 4.69) is 10.3 Å². The average Bonchev–Trinajstić information content (AvgIpc) is 3.18. The Kier molecular flexibility index (Phi) is 4.75. The second-order valence-electron chi connectivity index (χ2n) is 6.44. The SMILES string of the molecule is O=C(Nc1ccc(F)c(F)c1F)c1cc(C(=O)N2CCc3ccccc32)ccn1. The number of fused-ring (bicyclic) bond motifs is 1. The molecule has 1 aliphatic rings. The number of aromatic nitrogens is 1. The summed E-state index contributed by atoms with van der Waals surface area (Å²) in [4.78, 5) is 30.8. The molecule has 0 bridgehead atoms. The molecule has 146 valence electrons. The number of anilines is 2. The summed E-state index contributed by atoms with van der Waals surface area (Å²) in [5.74, 6) is -5.72. The van der Waals surface area contributed by atoms with E-state index < -0.39 is 29.0 Å². The number of nitrogens with one attached hydrogen (secondary N) is 1. The number of para-hydroxylation sites is 1. The van der Waals surface area contributed by atoms with Crippen LogP contribution in [-0.4, -0.2) is 23.3 Å². The first-order chi connectivity index (χ1) is 14.0. The monoisotopic (exact) mass is 397 g/mol. The molecular weight excluding hydrogens is 383 g/mol. The highest BCUT2D eigenvalue weighted by molar-refractivity contribution is 6.09. The molecule has 5 nitrogen and oxygen atoms in total. The summed E-state index contributed by atoms with van der Waals surface area (Å²) >= 11 is 0. The van der Waals surface area contributed by atoms with Gasteiger partial charge in [-0.1, -0.05) is 18.2 Å². The molecule has 0 spiro atoms. The van der Waals surface area contributed by atoms with E-state index in [0.717, 1.165) is 23.7 Å². The Hall–Kier alpha value is -3.68. The highest BCUT2D eigenvalue weighted by Crippen LogP contribution is 2.29. The van der Waals surface area contributed by atoms with Gasteiger partial charge in [-0.25, -0.2) is 13.2 Å². The van der Waals surface area contributed by atoms with Gasteiger partial charge < -0.3 is 10.2 Å². The third kappa shape index (κ3) is 3.44. The molecule has 0 fully saturated rings. The quantitative estimate of drug-likeness (QED) is 0.681. The molecule has 8 heteroatoms. The zero-order chi connectivity index (χ0) is 20.5. The molecule has 0 radical (unpaired) electrons. The first kappa shape index (κ1) is 18.7. The minimum Gasteiger partial charge on any atom is -0.318 e. The highest BCUT2D eigenvalue weighted by Gasteiger charge is 2.26. The van der Waals surface area contributed by atoms with Crippen LogP contribution in [0.25, 0.3) is 0 Å². The Morgan fingerprint density at radius 1 is 1.00 bits per heavy atom. The van der Waals surface area contributed by atoms with Crippen molar-refractivity contribution in [3.8, 4) is 0 Å². The number of halogens is 3. The normalized spacial score (nSPS) is 12.6. The van der Waals surface area contributed by atoms with Crippen LogP contribution in [0.15, 0.2) is 54.7 Å². The van der Waals surface area contributed by atoms with E-state index in [4.69, 9.17) is 0 Å². The number of pyridine rings is 1. The van der Waals surface area contributed by atoms with Crippen molar-refractivity contribution in [2.75, 3.05) is 16.8 Å². The third-order valence-electron chi connectivity index (χ3n) is 4.66. The largest absolute Gasteiger partial charge is 0.318 e. The number of carbonyl (C=O) groups is 2. The standard InChI is InChI=1S/C21H14F3N3O2/c22-14-5-6-15(19(24)18(14)23)26-20(28)16-11-13(7-9-25-16)21(29)27-10-8-12-3-1-2-4-17(12)27/h1-7,9,11H,8,10H2,(H,26,28). The van der Waals surface area contributed by atoms with Crippen molar-refractivity contribution in [3.63, 3.8) is 0 Å². The fraction of sp³-hybridized carbons (Fsp3) is 0.0952. The number of amides is 2. The number of rotatable bonds is 3. The van der Waals surface area contributed by atoms with E-state index in [1.54, 1.807) is 4.90 Å². The van der Waals surface area contributed by atoms with Crippen molar-refractivity contribution in [3.05, 3.63) is 89.0 Å². The Bertz CT molecular complexity index is 1130. The second-order valence-corrected chi connectivity index (χ2v) is 6.44. The molecule has 2 heterocycles. The summed E-state index contributed by atoms with van der Waals surface area (Å²) in [6.45, 7) is 0.516. The molecule has 2 amide bonds. The number of hydrogen-bond acceptors (Lipinski definition) is 3. The lowest BCUT2D eigenvalue weighted by Gasteiger charge is -2.17. The number of carbonyl (C=O) groups excluding carboxylic acids is 2. The highest BCUT2D eigenvalue weighted by atomic mass is 19.2. The number of nitrogens with zero attached hydrogens (tertiary/aromatic N) is 2. The predicted octanol–water partition coefficient (Wildman–Crippen LogP) is 3.95. The van der Waals surface area contributed by atoms with Gasteiger partial charge in [0.25, 0.3) is 11.8 Å². The van der Waals surface area contributed by atoms with Gasteiger partial charge in [0.15, 0.2) is 17.5 Å². The van der Waals surface area contributed by atoms with E-state index in [9.17, 15) is 22.8 Å². The first-order valence-electron chi connectivity index (χ1n) is 8.76. The summed E-state index contributed by atoms with van der Waals surface area (Å²) in [5, 5.41) is 2.14. The van der Waals surface area contributed by atoms with E-state index in [0.29, 0.717) is 12.6 Å². The van der Waals surface area contributed by atoms with Crippen LogP contribution in [0.1, 0.15) is 26.4 Å². The summed E-state index contributed by atoms with van der Waals surface area (Å²) in [5.41, 5.74) is 1.41. The van der Waals surface area contributed by atoms with E-state index in [1.807, 2.05) is 24.3 Å². The second kappa shape index (κ2) is 7.38. The summed E-state index contributed by atoms with van der Waals surface area (Å²) in [6.07, 6.45) is 2.02. The molecule has 0 unspecified atom stereocenters. The van der Waals surface area contributed by atoms with Crippen molar-refractivity contribution < 1.29 is 22.8 Å². The smallest absolute Gasteiger partial charge is 0.274 e. The molecule has 2 aromatic carbocycles. The topological polar surface area (TPSA) is 62.3 Å².